The third-order valence-corrected chi connectivity index (χ3v) is 40.0. The van der Waals surface area contributed by atoms with E-state index in [-0.39, 0.29) is 96.6 Å². The van der Waals surface area contributed by atoms with Crippen molar-refractivity contribution in [3.05, 3.63) is 391 Å². The van der Waals surface area contributed by atoms with E-state index in [9.17, 15) is 14.4 Å². The molecule has 1 saturated heterocycles. The molecule has 1 aliphatic heterocycles. The Hall–Kier alpha value is -12.0. The van der Waals surface area contributed by atoms with E-state index in [0.29, 0.717) is 17.8 Å². The summed E-state index contributed by atoms with van der Waals surface area (Å²) in [6.45, 7) is 36.9. The first-order chi connectivity index (χ1) is 67.1. The summed E-state index contributed by atoms with van der Waals surface area (Å²) in [6, 6.07) is 102. The van der Waals surface area contributed by atoms with E-state index in [4.69, 9.17) is 9.31 Å². The summed E-state index contributed by atoms with van der Waals surface area (Å²) < 4.78 is 13.9. The Bertz CT molecular complexity index is 7820. The molecular formula is C133H126BBrO5. The normalized spacial score (nSPS) is 26.4. The molecule has 0 radical (unpaired) electrons. The standard InChI is InChI=1S/C46H38.C30H27Br.C25H24O.C22H23BO2.C10H14O2/c1-45(2)38-25-26-46(45,3)44-42(29-13-8-5-9-14-29)36-24-21-33(27-37(36)41(43(38)44)28-11-6-4-7-12-28)34-22-19-32-18-17-30-15-10-16-31-20-23-35(34)40(32)39(30)31;1-29(2)24-16-17-30(29,3)28-26(20-12-8-5-9-13-20)22-15-14-21(31)18-23(22)25(27(24)28)19-10-6-4-7-11-19;1-24(2)18-14-15-25(24,3)22-20(17-12-8-5-9-13-17)23(26)19(21(18)22)16-10-6-4-7-11-16;1-21(2)22(3,4)25-23(24-21)18-13-11-16-9-8-14-6-5-7-15-10-12-17(18)20(16)19(14)15;1-9(2)6-4-5-10(9,3)8(12)7(6)11/h4-19,21-24,27,34,38H,20,25-26H2,1-3H3;4-15,18,24H,16-17H2,1-3H3;4-13,18H,14-15H2,1-3H3;5-9,11-13,18H,10H2,1-4H3;6H,4-5H2,1-3H3. The second-order valence-electron chi connectivity index (χ2n) is 47.1. The van der Waals surface area contributed by atoms with Gasteiger partial charge in [0, 0.05) is 38.7 Å². The lowest BCUT2D eigenvalue weighted by Gasteiger charge is -2.37. The van der Waals surface area contributed by atoms with Crippen LogP contribution in [0, 0.1) is 44.3 Å². The number of ketones is 3. The number of allylic oxidation sites excluding steroid dienone is 10. The van der Waals surface area contributed by atoms with Gasteiger partial charge in [0.2, 0.25) is 11.6 Å². The largest absolute Gasteiger partial charge is 0.469 e. The van der Waals surface area contributed by atoms with Crippen LogP contribution in [0.25, 0.3) is 122 Å². The number of hydrogen-bond donors (Lipinski definition) is 0. The lowest BCUT2D eigenvalue weighted by Crippen LogP contribution is -2.41. The monoisotopic (exact) mass is 1890 g/mol. The van der Waals surface area contributed by atoms with Crippen LogP contribution in [-0.2, 0) is 47.4 Å². The molecule has 28 rings (SSSR count). The van der Waals surface area contributed by atoms with Crippen LogP contribution in [-0.4, -0.2) is 35.7 Å². The maximum absolute atomic E-state index is 13.7. The van der Waals surface area contributed by atoms with Crippen molar-refractivity contribution in [3.63, 3.8) is 0 Å². The third-order valence-electron chi connectivity index (χ3n) is 39.5. The average molecular weight is 1900 g/mol. The van der Waals surface area contributed by atoms with E-state index < -0.39 is 0 Å². The molecule has 1 heterocycles. The fourth-order valence-electron chi connectivity index (χ4n) is 29.7. The molecule has 8 bridgehead atoms. The van der Waals surface area contributed by atoms with E-state index >= 15 is 0 Å². The molecule has 140 heavy (non-hydrogen) atoms. The number of benzene rings is 14. The number of rotatable bonds is 8. The van der Waals surface area contributed by atoms with Gasteiger partial charge in [-0.1, -0.05) is 396 Å². The summed E-state index contributed by atoms with van der Waals surface area (Å²) in [5.41, 5.74) is 37.0. The minimum absolute atomic E-state index is 0.00926. The zero-order chi connectivity index (χ0) is 96.8. The quantitative estimate of drug-likeness (QED) is 0.112. The topological polar surface area (TPSA) is 69.7 Å². The lowest BCUT2D eigenvalue weighted by atomic mass is 9.61. The van der Waals surface area contributed by atoms with Gasteiger partial charge in [0.15, 0.2) is 5.78 Å². The van der Waals surface area contributed by atoms with Gasteiger partial charge in [0.25, 0.3) is 0 Å². The Labute approximate surface area is 836 Å². The summed E-state index contributed by atoms with van der Waals surface area (Å²) in [4.78, 5) is 36.7. The van der Waals surface area contributed by atoms with Crippen molar-refractivity contribution in [2.45, 2.75) is 221 Å². The van der Waals surface area contributed by atoms with Crippen LogP contribution < -0.4 is 0 Å². The average Bonchev–Trinajstić information content (AvgIpc) is 1.51. The SMILES string of the molecule is CC1(C)OB(C2C=Cc3ccc4cccc5c4c3C2=CC5)OC1(C)C.CC12CCC(C(=O)C1=O)C2(C)C.CC12CCC(C3=C(c4ccccc4)C(=O)C(c4ccccc4)=C31)C2(C)C.CC12CCC(c3c1c(-c1ccccc1)c1ccc(Br)cc1c3-c1ccccc1)C2(C)C.CC12CCC(c3c1c(-c1ccccc1)c1ccc(C4C=Cc5ccc6cccc7c6c5C4=CC7)cc1c3-c1ccccc1)C2(C)C. The number of halogens is 1. The fraction of sp³-hybridized carbons (Fsp3) is 0.316. The van der Waals surface area contributed by atoms with Crippen LogP contribution in [0.15, 0.2) is 319 Å². The lowest BCUT2D eigenvalue weighted by molar-refractivity contribution is -0.141. The van der Waals surface area contributed by atoms with Gasteiger partial charge in [0.05, 0.1) is 11.2 Å². The Kier molecular flexibility index (Phi) is 20.9. The van der Waals surface area contributed by atoms with Crippen molar-refractivity contribution in [3.8, 4) is 44.5 Å². The molecule has 0 N–H and O–H groups in total. The molecule has 14 aromatic rings. The molecule has 0 aromatic heterocycles. The second kappa shape index (κ2) is 32.3. The van der Waals surface area contributed by atoms with E-state index in [0.717, 1.165) is 52.4 Å². The molecule has 5 nitrogen and oxygen atoms in total. The van der Waals surface area contributed by atoms with Crippen molar-refractivity contribution < 1.29 is 23.7 Å². The molecule has 6 saturated carbocycles. The molecule has 7 fully saturated rings. The van der Waals surface area contributed by atoms with Crippen LogP contribution in [0.1, 0.15) is 252 Å². The van der Waals surface area contributed by atoms with Crippen molar-refractivity contribution in [1.29, 1.82) is 0 Å². The second-order valence-corrected chi connectivity index (χ2v) is 48.0. The van der Waals surface area contributed by atoms with Gasteiger partial charge in [-0.2, -0.15) is 0 Å². The highest BCUT2D eigenvalue weighted by atomic mass is 79.9. The van der Waals surface area contributed by atoms with Crippen molar-refractivity contribution >= 4 is 118 Å². The number of fused-ring (bicyclic) bond motifs is 19. The smallest absolute Gasteiger partial charge is 0.403 e. The van der Waals surface area contributed by atoms with Gasteiger partial charge >= 0.3 is 7.12 Å². The summed E-state index contributed by atoms with van der Waals surface area (Å²) >= 11 is 3.77. The molecule has 14 aromatic carbocycles. The molecular weight excluding hydrogens is 1770 g/mol. The van der Waals surface area contributed by atoms with Crippen molar-refractivity contribution in [2.24, 2.45) is 44.3 Å². The van der Waals surface area contributed by atoms with Gasteiger partial charge < -0.3 is 9.31 Å². The summed E-state index contributed by atoms with van der Waals surface area (Å²) in [6.07, 6.45) is 25.4. The van der Waals surface area contributed by atoms with E-state index in [2.05, 4.69) is 385 Å². The molecule has 0 amide bonds. The minimum atomic E-state index is -0.352. The highest BCUT2D eigenvalue weighted by Crippen LogP contribution is 2.77. The zero-order valence-corrected chi connectivity index (χ0v) is 85.6. The Morgan fingerprint density at radius 1 is 0.343 bits per heavy atom. The van der Waals surface area contributed by atoms with Crippen LogP contribution in [0.4, 0.5) is 0 Å². The maximum atomic E-state index is 13.7. The number of hydrogen-bond acceptors (Lipinski definition) is 5. The predicted octanol–water partition coefficient (Wildman–Crippen LogP) is 34.1. The van der Waals surface area contributed by atoms with Gasteiger partial charge in [-0.3, -0.25) is 14.4 Å². The minimum Gasteiger partial charge on any atom is -0.403 e. The first-order valence-electron chi connectivity index (χ1n) is 51.7. The first-order valence-corrected chi connectivity index (χ1v) is 52.5. The van der Waals surface area contributed by atoms with Crippen LogP contribution in [0.3, 0.4) is 0 Å². The summed E-state index contributed by atoms with van der Waals surface area (Å²) in [7, 11) is -0.235. The highest BCUT2D eigenvalue weighted by molar-refractivity contribution is 9.10. The Balaban J connectivity index is 0.0000000999. The fourth-order valence-corrected chi connectivity index (χ4v) is 30.1. The van der Waals surface area contributed by atoms with E-state index in [1.165, 1.54) is 187 Å². The van der Waals surface area contributed by atoms with Crippen LogP contribution >= 0.6 is 15.9 Å². The molecule has 0 spiro atoms. The van der Waals surface area contributed by atoms with Gasteiger partial charge in [-0.15, -0.1) is 0 Å². The highest BCUT2D eigenvalue weighted by Gasteiger charge is 2.69. The predicted molar refractivity (Wildman–Crippen MR) is 586 cm³/mol. The number of Topliss-reactive ketones (excluding diaryl/α,β-unsaturated/α-hetero) is 3. The van der Waals surface area contributed by atoms with E-state index in [1.54, 1.807) is 22.3 Å². The number of carbonyl (C=O) groups excluding carboxylic acids is 3. The molecule has 14 aliphatic rings. The molecule has 10 unspecified atom stereocenters. The first kappa shape index (κ1) is 90.6. The maximum Gasteiger partial charge on any atom is 0.469 e. The molecule has 10 atom stereocenters. The molecule has 13 aliphatic carbocycles. The van der Waals surface area contributed by atoms with Crippen LogP contribution in [0.2, 0.25) is 5.82 Å². The van der Waals surface area contributed by atoms with Crippen molar-refractivity contribution in [1.82, 2.24) is 0 Å². The van der Waals surface area contributed by atoms with Crippen LogP contribution in [0.5, 0.6) is 0 Å². The van der Waals surface area contributed by atoms with E-state index in [1.807, 2.05) is 57.2 Å². The third kappa shape index (κ3) is 12.9. The summed E-state index contributed by atoms with van der Waals surface area (Å²) in [5, 5.41) is 11.1. The Morgan fingerprint density at radius 3 is 1.21 bits per heavy atom. The zero-order valence-electron chi connectivity index (χ0n) is 84.1. The Morgan fingerprint density at radius 2 is 0.743 bits per heavy atom. The van der Waals surface area contributed by atoms with Crippen molar-refractivity contribution in [2.75, 3.05) is 0 Å². The van der Waals surface area contributed by atoms with Gasteiger partial charge in [0.1, 0.15) is 0 Å². The van der Waals surface area contributed by atoms with Gasteiger partial charge in [-0.05, 0) is 348 Å². The number of carbonyl (C=O) groups is 3. The van der Waals surface area contributed by atoms with Gasteiger partial charge in [-0.25, -0.2) is 0 Å². The molecule has 7 heteroatoms. The summed E-state index contributed by atoms with van der Waals surface area (Å²) in [5.74, 6) is 1.99. The molecule has 698 valence electrons.